The summed E-state index contributed by atoms with van der Waals surface area (Å²) < 4.78 is 43.5. The van der Waals surface area contributed by atoms with Gasteiger partial charge in [-0.05, 0) is 24.3 Å². The summed E-state index contributed by atoms with van der Waals surface area (Å²) in [7, 11) is 1.42. The van der Waals surface area contributed by atoms with Gasteiger partial charge in [0.05, 0.1) is 23.9 Å². The highest BCUT2D eigenvalue weighted by Gasteiger charge is 2.32. The first kappa shape index (κ1) is 20.2. The molecule has 0 aliphatic rings. The number of anilines is 1. The Morgan fingerprint density at radius 3 is 2.48 bits per heavy atom. The largest absolute Gasteiger partial charge is 0.495 e. The summed E-state index contributed by atoms with van der Waals surface area (Å²) in [5.41, 5.74) is 0.916. The maximum absolute atomic E-state index is 12.9. The number of methoxy groups -OCH3 is 1. The molecule has 0 fully saturated rings. The molecular weight excluding hydrogens is 387 g/mol. The van der Waals surface area contributed by atoms with Gasteiger partial charge in [0.2, 0.25) is 0 Å². The number of hydrazone groups is 1. The summed E-state index contributed by atoms with van der Waals surface area (Å²) in [5, 5.41) is 5.89. The monoisotopic (exact) mass is 399 g/mol. The summed E-state index contributed by atoms with van der Waals surface area (Å²) in [5.74, 6) is -1.85. The van der Waals surface area contributed by atoms with Crippen LogP contribution < -0.4 is 15.5 Å². The lowest BCUT2D eigenvalue weighted by Gasteiger charge is -2.09. The van der Waals surface area contributed by atoms with Gasteiger partial charge in [0.1, 0.15) is 5.75 Å². The molecule has 0 bridgehead atoms. The van der Waals surface area contributed by atoms with E-state index in [-0.39, 0.29) is 16.3 Å². The molecule has 0 radical (unpaired) electrons. The molecule has 0 saturated carbocycles. The molecule has 142 valence electrons. The zero-order chi connectivity index (χ0) is 20.0. The quantitative estimate of drug-likeness (QED) is 0.469. The highest BCUT2D eigenvalue weighted by Crippen LogP contribution is 2.31. The van der Waals surface area contributed by atoms with Gasteiger partial charge >= 0.3 is 18.0 Å². The number of carbonyl (C=O) groups is 2. The standard InChI is InChI=1S/C17H13ClF3N3O3/c1-27-14-7-6-11(8-13(14)18)23-15(25)16(26)24-22-9-10-4-2-3-5-12(10)17(19,20)21/h2-9H,1H3,(H,23,25)(H,24,26)/b22-9-. The van der Waals surface area contributed by atoms with Crippen LogP contribution in [0.3, 0.4) is 0 Å². The molecule has 0 atom stereocenters. The fourth-order valence-corrected chi connectivity index (χ4v) is 2.27. The van der Waals surface area contributed by atoms with E-state index in [9.17, 15) is 22.8 Å². The third-order valence-corrected chi connectivity index (χ3v) is 3.55. The van der Waals surface area contributed by atoms with E-state index in [0.29, 0.717) is 5.75 Å². The third-order valence-electron chi connectivity index (χ3n) is 3.25. The Hall–Kier alpha value is -3.07. The van der Waals surface area contributed by atoms with Crippen molar-refractivity contribution < 1.29 is 27.5 Å². The van der Waals surface area contributed by atoms with Gasteiger partial charge in [-0.2, -0.15) is 18.3 Å². The van der Waals surface area contributed by atoms with Crippen molar-refractivity contribution in [3.05, 3.63) is 58.6 Å². The van der Waals surface area contributed by atoms with Gasteiger partial charge in [0.25, 0.3) is 0 Å². The van der Waals surface area contributed by atoms with Crippen LogP contribution in [0, 0.1) is 0 Å². The molecule has 0 aliphatic carbocycles. The second-order valence-corrected chi connectivity index (χ2v) is 5.49. The van der Waals surface area contributed by atoms with Crippen LogP contribution in [0.4, 0.5) is 18.9 Å². The summed E-state index contributed by atoms with van der Waals surface area (Å²) >= 11 is 5.90. The van der Waals surface area contributed by atoms with E-state index in [2.05, 4.69) is 10.4 Å². The first-order chi connectivity index (χ1) is 12.7. The Balaban J connectivity index is 2.01. The molecule has 2 N–H and O–H groups in total. The number of halogens is 4. The minimum absolute atomic E-state index is 0.220. The average Bonchev–Trinajstić information content (AvgIpc) is 2.61. The number of amides is 2. The Labute approximate surface area is 157 Å². The van der Waals surface area contributed by atoms with Crippen molar-refractivity contribution in [2.24, 2.45) is 5.10 Å². The van der Waals surface area contributed by atoms with Crippen molar-refractivity contribution in [2.45, 2.75) is 6.18 Å². The molecule has 2 rings (SSSR count). The predicted octanol–water partition coefficient (Wildman–Crippen LogP) is 3.46. The lowest BCUT2D eigenvalue weighted by Crippen LogP contribution is -2.32. The maximum atomic E-state index is 12.9. The number of hydrogen-bond donors (Lipinski definition) is 2. The number of benzene rings is 2. The first-order valence-electron chi connectivity index (χ1n) is 7.36. The van der Waals surface area contributed by atoms with Gasteiger partial charge in [0.15, 0.2) is 0 Å². The molecule has 2 aromatic rings. The van der Waals surface area contributed by atoms with Gasteiger partial charge < -0.3 is 10.1 Å². The number of carbonyl (C=O) groups excluding carboxylic acids is 2. The van der Waals surface area contributed by atoms with E-state index >= 15 is 0 Å². The third kappa shape index (κ3) is 5.45. The number of hydrogen-bond acceptors (Lipinski definition) is 4. The van der Waals surface area contributed by atoms with Crippen LogP contribution in [0.2, 0.25) is 5.02 Å². The molecule has 0 heterocycles. The molecule has 0 aromatic heterocycles. The van der Waals surface area contributed by atoms with Crippen LogP contribution in [0.25, 0.3) is 0 Å². The number of alkyl halides is 3. The number of ether oxygens (including phenoxy) is 1. The molecule has 27 heavy (non-hydrogen) atoms. The van der Waals surface area contributed by atoms with E-state index in [1.807, 2.05) is 5.43 Å². The van der Waals surface area contributed by atoms with Crippen LogP contribution in [-0.4, -0.2) is 25.1 Å². The summed E-state index contributed by atoms with van der Waals surface area (Å²) in [6.45, 7) is 0. The van der Waals surface area contributed by atoms with E-state index in [1.54, 1.807) is 0 Å². The lowest BCUT2D eigenvalue weighted by molar-refractivity contribution is -0.137. The Kier molecular flexibility index (Phi) is 6.40. The Bertz CT molecular complexity index is 885. The summed E-state index contributed by atoms with van der Waals surface area (Å²) in [6, 6.07) is 8.99. The number of nitrogens with one attached hydrogen (secondary N) is 2. The van der Waals surface area contributed by atoms with Crippen LogP contribution >= 0.6 is 11.6 Å². The second-order valence-electron chi connectivity index (χ2n) is 5.09. The maximum Gasteiger partial charge on any atom is 0.417 e. The van der Waals surface area contributed by atoms with Crippen molar-refractivity contribution in [1.82, 2.24) is 5.43 Å². The molecular formula is C17H13ClF3N3O3. The van der Waals surface area contributed by atoms with Crippen molar-refractivity contribution in [1.29, 1.82) is 0 Å². The smallest absolute Gasteiger partial charge is 0.417 e. The zero-order valence-electron chi connectivity index (χ0n) is 13.8. The Morgan fingerprint density at radius 1 is 1.15 bits per heavy atom. The van der Waals surface area contributed by atoms with Crippen LogP contribution in [0.15, 0.2) is 47.6 Å². The molecule has 0 aliphatic heterocycles. The van der Waals surface area contributed by atoms with Crippen LogP contribution in [0.1, 0.15) is 11.1 Å². The molecule has 10 heteroatoms. The molecule has 0 saturated heterocycles. The summed E-state index contributed by atoms with van der Waals surface area (Å²) in [6.07, 6.45) is -3.77. The minimum atomic E-state index is -4.57. The van der Waals surface area contributed by atoms with Crippen LogP contribution in [-0.2, 0) is 15.8 Å². The van der Waals surface area contributed by atoms with Crippen molar-refractivity contribution >= 4 is 35.3 Å². The summed E-state index contributed by atoms with van der Waals surface area (Å²) in [4.78, 5) is 23.5. The fraction of sp³-hybridized carbons (Fsp3) is 0.118. The normalized spacial score (nSPS) is 11.3. The van der Waals surface area contributed by atoms with Gasteiger partial charge in [-0.25, -0.2) is 5.43 Å². The van der Waals surface area contributed by atoms with Crippen LogP contribution in [0.5, 0.6) is 5.75 Å². The van der Waals surface area contributed by atoms with Gasteiger partial charge in [-0.15, -0.1) is 0 Å². The zero-order valence-corrected chi connectivity index (χ0v) is 14.6. The first-order valence-corrected chi connectivity index (χ1v) is 7.74. The topological polar surface area (TPSA) is 79.8 Å². The molecule has 6 nitrogen and oxygen atoms in total. The van der Waals surface area contributed by atoms with E-state index < -0.39 is 23.6 Å². The number of nitrogens with zero attached hydrogens (tertiary/aromatic N) is 1. The molecule has 2 aromatic carbocycles. The average molecular weight is 400 g/mol. The minimum Gasteiger partial charge on any atom is -0.495 e. The van der Waals surface area contributed by atoms with E-state index in [0.717, 1.165) is 12.3 Å². The molecule has 2 amide bonds. The predicted molar refractivity (Wildman–Crippen MR) is 93.8 cm³/mol. The van der Waals surface area contributed by atoms with Crippen molar-refractivity contribution in [3.8, 4) is 5.75 Å². The number of rotatable bonds is 4. The van der Waals surface area contributed by atoms with Gasteiger partial charge in [-0.1, -0.05) is 29.8 Å². The van der Waals surface area contributed by atoms with Crippen molar-refractivity contribution in [2.75, 3.05) is 12.4 Å². The lowest BCUT2D eigenvalue weighted by atomic mass is 10.1. The van der Waals surface area contributed by atoms with Crippen molar-refractivity contribution in [3.63, 3.8) is 0 Å². The fourth-order valence-electron chi connectivity index (χ4n) is 2.01. The van der Waals surface area contributed by atoms with E-state index in [4.69, 9.17) is 16.3 Å². The van der Waals surface area contributed by atoms with Gasteiger partial charge in [-0.3, -0.25) is 9.59 Å². The highest BCUT2D eigenvalue weighted by molar-refractivity contribution is 6.40. The van der Waals surface area contributed by atoms with E-state index in [1.165, 1.54) is 43.5 Å². The highest BCUT2D eigenvalue weighted by atomic mass is 35.5. The SMILES string of the molecule is COc1ccc(NC(=O)C(=O)N/N=C\c2ccccc2C(F)(F)F)cc1Cl. The van der Waals surface area contributed by atoms with Gasteiger partial charge in [0, 0.05) is 11.3 Å². The second kappa shape index (κ2) is 8.54. The molecule has 0 unspecified atom stereocenters. The Morgan fingerprint density at radius 2 is 1.85 bits per heavy atom. The molecule has 0 spiro atoms.